The first-order valence-corrected chi connectivity index (χ1v) is 11.8. The van der Waals surface area contributed by atoms with Gasteiger partial charge in [-0.25, -0.2) is 14.3 Å². The summed E-state index contributed by atoms with van der Waals surface area (Å²) in [5.41, 5.74) is 1.19. The molecular formula is C27H34N4O5. The number of esters is 1. The summed E-state index contributed by atoms with van der Waals surface area (Å²) in [6.45, 7) is 10.8. The highest BCUT2D eigenvalue weighted by Gasteiger charge is 2.29. The SMILES string of the molecule is CC(C)(C)OC(=O)N[C@@H](Cc1ccc(OCn2cc(-c3ccccc3)nn2)cc1)C(=O)OC(C)(C)C. The highest BCUT2D eigenvalue weighted by molar-refractivity contribution is 5.82. The molecule has 0 fully saturated rings. The summed E-state index contributed by atoms with van der Waals surface area (Å²) < 4.78 is 18.2. The van der Waals surface area contributed by atoms with Crippen LogP contribution in [-0.2, 0) is 27.4 Å². The molecule has 36 heavy (non-hydrogen) atoms. The number of hydrogen-bond donors (Lipinski definition) is 1. The Balaban J connectivity index is 1.61. The second-order valence-electron chi connectivity index (χ2n) is 10.4. The van der Waals surface area contributed by atoms with Crippen molar-refractivity contribution in [3.05, 3.63) is 66.4 Å². The molecule has 1 N–H and O–H groups in total. The van der Waals surface area contributed by atoms with E-state index in [1.807, 2.05) is 48.7 Å². The van der Waals surface area contributed by atoms with Gasteiger partial charge < -0.3 is 19.5 Å². The van der Waals surface area contributed by atoms with E-state index in [1.54, 1.807) is 58.4 Å². The average molecular weight is 495 g/mol. The van der Waals surface area contributed by atoms with Crippen LogP contribution in [0.25, 0.3) is 11.3 Å². The third-order valence-electron chi connectivity index (χ3n) is 4.72. The van der Waals surface area contributed by atoms with E-state index in [1.165, 1.54) is 0 Å². The third-order valence-corrected chi connectivity index (χ3v) is 4.72. The summed E-state index contributed by atoms with van der Waals surface area (Å²) in [5.74, 6) is 0.0959. The minimum absolute atomic E-state index is 0.194. The summed E-state index contributed by atoms with van der Waals surface area (Å²) in [7, 11) is 0. The van der Waals surface area contributed by atoms with Gasteiger partial charge in [-0.3, -0.25) is 0 Å². The largest absolute Gasteiger partial charge is 0.471 e. The normalized spacial score (nSPS) is 12.5. The van der Waals surface area contributed by atoms with Crippen LogP contribution in [0, 0.1) is 0 Å². The molecule has 2 aromatic carbocycles. The number of carbonyl (C=O) groups is 2. The number of aromatic nitrogens is 3. The van der Waals surface area contributed by atoms with Crippen LogP contribution in [0.3, 0.4) is 0 Å². The van der Waals surface area contributed by atoms with Crippen molar-refractivity contribution in [2.24, 2.45) is 0 Å². The van der Waals surface area contributed by atoms with Gasteiger partial charge in [0, 0.05) is 12.0 Å². The smallest absolute Gasteiger partial charge is 0.408 e. The lowest BCUT2D eigenvalue weighted by Crippen LogP contribution is -2.47. The third kappa shape index (κ3) is 8.72. The van der Waals surface area contributed by atoms with Crippen LogP contribution >= 0.6 is 0 Å². The van der Waals surface area contributed by atoms with E-state index >= 15 is 0 Å². The number of carbonyl (C=O) groups excluding carboxylic acids is 2. The molecule has 0 spiro atoms. The second-order valence-corrected chi connectivity index (χ2v) is 10.4. The Morgan fingerprint density at radius 2 is 1.56 bits per heavy atom. The topological polar surface area (TPSA) is 105 Å². The maximum absolute atomic E-state index is 12.8. The van der Waals surface area contributed by atoms with Gasteiger partial charge in [-0.2, -0.15) is 0 Å². The second kappa shape index (κ2) is 11.2. The maximum atomic E-state index is 12.8. The van der Waals surface area contributed by atoms with Gasteiger partial charge in [-0.15, -0.1) is 5.10 Å². The minimum atomic E-state index is -0.905. The molecule has 0 saturated carbocycles. The van der Waals surface area contributed by atoms with Crippen molar-refractivity contribution in [2.45, 2.75) is 71.9 Å². The van der Waals surface area contributed by atoms with Gasteiger partial charge in [-0.05, 0) is 59.2 Å². The molecule has 1 amide bonds. The molecule has 0 unspecified atom stereocenters. The first-order valence-electron chi connectivity index (χ1n) is 11.8. The van der Waals surface area contributed by atoms with E-state index in [-0.39, 0.29) is 13.2 Å². The van der Waals surface area contributed by atoms with Crippen molar-refractivity contribution in [2.75, 3.05) is 0 Å². The van der Waals surface area contributed by atoms with Gasteiger partial charge in [-0.1, -0.05) is 47.7 Å². The fourth-order valence-electron chi connectivity index (χ4n) is 3.22. The van der Waals surface area contributed by atoms with Crippen molar-refractivity contribution in [1.82, 2.24) is 20.3 Å². The molecule has 3 rings (SSSR count). The van der Waals surface area contributed by atoms with Crippen LogP contribution in [0.5, 0.6) is 5.75 Å². The number of nitrogens with one attached hydrogen (secondary N) is 1. The van der Waals surface area contributed by atoms with Crippen LogP contribution < -0.4 is 10.1 Å². The molecule has 0 radical (unpaired) electrons. The molecule has 1 atom stereocenters. The highest BCUT2D eigenvalue weighted by atomic mass is 16.6. The van der Waals surface area contributed by atoms with Crippen molar-refractivity contribution in [3.63, 3.8) is 0 Å². The monoisotopic (exact) mass is 494 g/mol. The maximum Gasteiger partial charge on any atom is 0.408 e. The van der Waals surface area contributed by atoms with Gasteiger partial charge in [0.05, 0.1) is 6.20 Å². The van der Waals surface area contributed by atoms with Gasteiger partial charge in [0.25, 0.3) is 0 Å². The van der Waals surface area contributed by atoms with Gasteiger partial charge >= 0.3 is 12.1 Å². The number of nitrogens with zero attached hydrogens (tertiary/aromatic N) is 3. The Kier molecular flexibility index (Phi) is 8.34. The fraction of sp³-hybridized carbons (Fsp3) is 0.407. The van der Waals surface area contributed by atoms with Crippen LogP contribution in [0.1, 0.15) is 47.1 Å². The summed E-state index contributed by atoms with van der Waals surface area (Å²) in [5, 5.41) is 10.9. The Bertz CT molecular complexity index is 1150. The molecule has 0 aliphatic carbocycles. The summed E-state index contributed by atoms with van der Waals surface area (Å²) in [4.78, 5) is 25.1. The zero-order chi connectivity index (χ0) is 26.3. The molecule has 9 nitrogen and oxygen atoms in total. The van der Waals surface area contributed by atoms with E-state index < -0.39 is 29.3 Å². The fourth-order valence-corrected chi connectivity index (χ4v) is 3.22. The first-order chi connectivity index (χ1) is 16.9. The van der Waals surface area contributed by atoms with E-state index in [9.17, 15) is 9.59 Å². The van der Waals surface area contributed by atoms with Gasteiger partial charge in [0.15, 0.2) is 6.73 Å². The zero-order valence-corrected chi connectivity index (χ0v) is 21.6. The van der Waals surface area contributed by atoms with Crippen LogP contribution in [0.15, 0.2) is 60.8 Å². The number of amides is 1. The predicted molar refractivity (Wildman–Crippen MR) is 135 cm³/mol. The summed E-state index contributed by atoms with van der Waals surface area (Å²) >= 11 is 0. The Morgan fingerprint density at radius 1 is 0.917 bits per heavy atom. The molecule has 0 aliphatic heterocycles. The first kappa shape index (κ1) is 26.7. The Morgan fingerprint density at radius 3 is 2.17 bits per heavy atom. The summed E-state index contributed by atoms with van der Waals surface area (Å²) in [6, 6.07) is 16.1. The molecule has 3 aromatic rings. The number of benzene rings is 2. The molecule has 1 aromatic heterocycles. The van der Waals surface area contributed by atoms with E-state index in [0.29, 0.717) is 5.75 Å². The van der Waals surface area contributed by atoms with Crippen molar-refractivity contribution in [1.29, 1.82) is 0 Å². The molecule has 1 heterocycles. The highest BCUT2D eigenvalue weighted by Crippen LogP contribution is 2.18. The van der Waals surface area contributed by atoms with E-state index in [0.717, 1.165) is 16.8 Å². The van der Waals surface area contributed by atoms with E-state index in [4.69, 9.17) is 14.2 Å². The minimum Gasteiger partial charge on any atom is -0.471 e. The molecule has 0 aliphatic rings. The van der Waals surface area contributed by atoms with Crippen molar-refractivity contribution < 1.29 is 23.8 Å². The van der Waals surface area contributed by atoms with Gasteiger partial charge in [0.2, 0.25) is 0 Å². The Hall–Kier alpha value is -3.88. The van der Waals surface area contributed by atoms with Crippen LogP contribution in [-0.4, -0.2) is 44.3 Å². The predicted octanol–water partition coefficient (Wildman–Crippen LogP) is 4.76. The molecule has 192 valence electrons. The Labute approximate surface area is 211 Å². The molecule has 0 bridgehead atoms. The number of ether oxygens (including phenoxy) is 3. The zero-order valence-electron chi connectivity index (χ0n) is 21.6. The van der Waals surface area contributed by atoms with Crippen LogP contribution in [0.4, 0.5) is 4.79 Å². The van der Waals surface area contributed by atoms with E-state index in [2.05, 4.69) is 15.6 Å². The average Bonchev–Trinajstić information content (AvgIpc) is 3.25. The van der Waals surface area contributed by atoms with Crippen molar-refractivity contribution in [3.8, 4) is 17.0 Å². The number of rotatable bonds is 8. The van der Waals surface area contributed by atoms with Crippen molar-refractivity contribution >= 4 is 12.1 Å². The molecule has 9 heteroatoms. The number of alkyl carbamates (subject to hydrolysis) is 1. The van der Waals surface area contributed by atoms with Crippen LogP contribution in [0.2, 0.25) is 0 Å². The standard InChI is InChI=1S/C27H34N4O5/c1-26(2,3)35-24(32)22(28-25(33)36-27(4,5)6)16-19-12-14-21(15-13-19)34-18-31-17-23(29-30-31)20-10-8-7-9-11-20/h7-15,17,22H,16,18H2,1-6H3,(H,28,33)/t22-/m0/s1. The lowest BCUT2D eigenvalue weighted by Gasteiger charge is -2.26. The van der Waals surface area contributed by atoms with Gasteiger partial charge in [0.1, 0.15) is 28.7 Å². The number of hydrogen-bond acceptors (Lipinski definition) is 7. The quantitative estimate of drug-likeness (QED) is 0.450. The lowest BCUT2D eigenvalue weighted by atomic mass is 10.1. The lowest BCUT2D eigenvalue weighted by molar-refractivity contribution is -0.157. The summed E-state index contributed by atoms with van der Waals surface area (Å²) in [6.07, 6.45) is 1.37. The molecular weight excluding hydrogens is 460 g/mol. The molecule has 0 saturated heterocycles.